The number of hydrogen-bond acceptors (Lipinski definition) is 1. The highest BCUT2D eigenvalue weighted by molar-refractivity contribution is 6.20. The quantitative estimate of drug-likeness (QED) is 0.228. The zero-order valence-electron chi connectivity index (χ0n) is 24.1. The maximum Gasteiger partial charge on any atom is 0.0703 e. The van der Waals surface area contributed by atoms with Gasteiger partial charge in [0.05, 0.1) is 39.3 Å². The summed E-state index contributed by atoms with van der Waals surface area (Å²) in [5, 5.41) is 7.27. The van der Waals surface area contributed by atoms with E-state index in [4.69, 9.17) is 5.73 Å². The van der Waals surface area contributed by atoms with Crippen molar-refractivity contribution in [3.8, 4) is 5.69 Å². The fourth-order valence-corrected chi connectivity index (χ4v) is 7.23. The Hall–Kier alpha value is -5.64. The summed E-state index contributed by atoms with van der Waals surface area (Å²) in [4.78, 5) is 0. The largest absolute Gasteiger partial charge is 0.320 e. The van der Waals surface area contributed by atoms with E-state index in [0.717, 1.165) is 44.1 Å². The van der Waals surface area contributed by atoms with Crippen molar-refractivity contribution in [3.05, 3.63) is 169 Å². The summed E-state index contributed by atoms with van der Waals surface area (Å²) in [6.07, 6.45) is 0. The highest BCUT2D eigenvalue weighted by Gasteiger charge is 2.19. The number of nitrogens with zero attached hydrogens (tertiary/aromatic N) is 2. The van der Waals surface area contributed by atoms with Crippen molar-refractivity contribution in [1.29, 1.82) is 0 Å². The molecule has 3 heteroatoms. The minimum atomic E-state index is -0.228. The Morgan fingerprint density at radius 2 is 0.909 bits per heavy atom. The first kappa shape index (κ1) is 24.9. The zero-order valence-corrected chi connectivity index (χ0v) is 24.1. The lowest BCUT2D eigenvalue weighted by Gasteiger charge is -2.21. The number of rotatable bonds is 3. The van der Waals surface area contributed by atoms with Crippen LogP contribution in [0.3, 0.4) is 0 Å². The Morgan fingerprint density at radius 3 is 1.64 bits per heavy atom. The van der Waals surface area contributed by atoms with Crippen molar-refractivity contribution in [3.63, 3.8) is 0 Å². The summed E-state index contributed by atoms with van der Waals surface area (Å²) in [5.41, 5.74) is 16.1. The summed E-state index contributed by atoms with van der Waals surface area (Å²) in [6.45, 7) is 0. The van der Waals surface area contributed by atoms with Crippen LogP contribution in [-0.4, -0.2) is 8.97 Å². The molecule has 7 aromatic carbocycles. The lowest BCUT2D eigenvalue weighted by molar-refractivity contribution is 0.880. The summed E-state index contributed by atoms with van der Waals surface area (Å²) < 4.78 is 4.90. The van der Waals surface area contributed by atoms with Gasteiger partial charge in [0.25, 0.3) is 0 Å². The Bertz CT molecular complexity index is 2570. The van der Waals surface area contributed by atoms with Crippen molar-refractivity contribution in [2.45, 2.75) is 6.04 Å². The van der Waals surface area contributed by atoms with Gasteiger partial charge in [-0.05, 0) is 46.8 Å². The standard InChI is InChI=1S/C41H29N3/c42-40(27-13-2-1-3-14-27)32-25-26-37(29-16-5-4-15-28(29)32)43-35-21-8-6-17-30(35)33-19-12-20-34-31-18-7-9-22-36(31)44(41(33)34)39-24-11-10-23-38(39)43/h1-26,40H,42H2. The molecule has 2 N–H and O–H groups in total. The van der Waals surface area contributed by atoms with Gasteiger partial charge in [0, 0.05) is 26.9 Å². The van der Waals surface area contributed by atoms with E-state index < -0.39 is 0 Å². The van der Waals surface area contributed by atoms with Gasteiger partial charge in [-0.1, -0.05) is 127 Å². The molecule has 208 valence electrons. The third-order valence-corrected chi connectivity index (χ3v) is 9.16. The van der Waals surface area contributed by atoms with Crippen LogP contribution in [0.2, 0.25) is 0 Å². The number of benzene rings is 7. The Kier molecular flexibility index (Phi) is 5.49. The van der Waals surface area contributed by atoms with Crippen LogP contribution < -0.4 is 5.73 Å². The molecule has 0 fully saturated rings. The van der Waals surface area contributed by atoms with Crippen LogP contribution in [0.4, 0.5) is 0 Å². The number of aromatic nitrogens is 2. The molecule has 2 aromatic heterocycles. The van der Waals surface area contributed by atoms with Gasteiger partial charge < -0.3 is 14.7 Å². The molecular weight excluding hydrogens is 534 g/mol. The molecule has 0 amide bonds. The zero-order chi connectivity index (χ0) is 29.2. The van der Waals surface area contributed by atoms with E-state index in [9.17, 15) is 0 Å². The predicted molar refractivity (Wildman–Crippen MR) is 186 cm³/mol. The van der Waals surface area contributed by atoms with Gasteiger partial charge in [-0.3, -0.25) is 0 Å². The fraction of sp³-hybridized carbons (Fsp3) is 0.0244. The van der Waals surface area contributed by atoms with E-state index in [1.165, 1.54) is 32.6 Å². The summed E-state index contributed by atoms with van der Waals surface area (Å²) in [5.74, 6) is 0. The van der Waals surface area contributed by atoms with E-state index in [0.29, 0.717) is 0 Å². The molecule has 9 aromatic rings. The highest BCUT2D eigenvalue weighted by Crippen LogP contribution is 2.39. The maximum atomic E-state index is 6.93. The minimum Gasteiger partial charge on any atom is -0.320 e. The Morgan fingerprint density at radius 1 is 0.386 bits per heavy atom. The second-order valence-corrected chi connectivity index (χ2v) is 11.5. The average molecular weight is 564 g/mol. The van der Waals surface area contributed by atoms with Crippen molar-refractivity contribution in [1.82, 2.24) is 8.97 Å². The van der Waals surface area contributed by atoms with Crippen LogP contribution in [0.1, 0.15) is 17.2 Å². The van der Waals surface area contributed by atoms with Gasteiger partial charge in [0.2, 0.25) is 0 Å². The molecule has 0 spiro atoms. The van der Waals surface area contributed by atoms with Crippen LogP contribution in [0, 0.1) is 0 Å². The Balaban J connectivity index is 1.50. The molecule has 0 radical (unpaired) electrons. The topological polar surface area (TPSA) is 35.4 Å². The maximum absolute atomic E-state index is 6.93. The van der Waals surface area contributed by atoms with Crippen molar-refractivity contribution < 1.29 is 0 Å². The first-order chi connectivity index (χ1) is 21.8. The smallest absolute Gasteiger partial charge is 0.0703 e. The fourth-order valence-electron chi connectivity index (χ4n) is 7.23. The summed E-state index contributed by atoms with van der Waals surface area (Å²) >= 11 is 0. The normalized spacial score (nSPS) is 12.6. The molecule has 1 unspecified atom stereocenters. The first-order valence-corrected chi connectivity index (χ1v) is 15.1. The van der Waals surface area contributed by atoms with E-state index >= 15 is 0 Å². The van der Waals surface area contributed by atoms with Gasteiger partial charge in [-0.2, -0.15) is 0 Å². The molecule has 0 saturated carbocycles. The number of fused-ring (bicyclic) bond motifs is 8. The molecule has 0 bridgehead atoms. The third kappa shape index (κ3) is 3.54. The molecular formula is C41H29N3. The van der Waals surface area contributed by atoms with Crippen LogP contribution in [0.25, 0.3) is 65.6 Å². The summed E-state index contributed by atoms with van der Waals surface area (Å²) in [7, 11) is 0. The molecule has 0 aliphatic carbocycles. The van der Waals surface area contributed by atoms with E-state index in [-0.39, 0.29) is 6.04 Å². The lowest BCUT2D eigenvalue weighted by atomic mass is 9.93. The van der Waals surface area contributed by atoms with Gasteiger partial charge >= 0.3 is 0 Å². The minimum absolute atomic E-state index is 0.228. The molecule has 0 aliphatic rings. The SMILES string of the molecule is NC(c1ccccc1)c1ccc(-n2c3ccccc3c3cccc4c5ccccc5n(c5ccccc52)c34)c2ccccc12. The number of nitrogens with two attached hydrogens (primary N) is 1. The van der Waals surface area contributed by atoms with E-state index in [2.05, 4.69) is 161 Å². The summed E-state index contributed by atoms with van der Waals surface area (Å²) in [6, 6.07) is 56.4. The van der Waals surface area contributed by atoms with Gasteiger partial charge in [0.1, 0.15) is 0 Å². The van der Waals surface area contributed by atoms with Crippen LogP contribution in [0.5, 0.6) is 0 Å². The predicted octanol–water partition coefficient (Wildman–Crippen LogP) is 10.1. The molecule has 0 saturated heterocycles. The molecule has 0 aliphatic heterocycles. The first-order valence-electron chi connectivity index (χ1n) is 15.1. The van der Waals surface area contributed by atoms with Crippen molar-refractivity contribution >= 4 is 59.9 Å². The van der Waals surface area contributed by atoms with Crippen LogP contribution in [0.15, 0.2) is 158 Å². The number of hydrogen-bond donors (Lipinski definition) is 1. The second kappa shape index (κ2) is 9.70. The van der Waals surface area contributed by atoms with E-state index in [1.54, 1.807) is 0 Å². The van der Waals surface area contributed by atoms with Crippen molar-refractivity contribution in [2.75, 3.05) is 0 Å². The third-order valence-electron chi connectivity index (χ3n) is 9.16. The van der Waals surface area contributed by atoms with Gasteiger partial charge in [-0.25, -0.2) is 0 Å². The Labute approximate surface area is 254 Å². The molecule has 9 rings (SSSR count). The molecule has 44 heavy (non-hydrogen) atoms. The molecule has 2 heterocycles. The monoisotopic (exact) mass is 563 g/mol. The highest BCUT2D eigenvalue weighted by atomic mass is 15.0. The molecule has 3 nitrogen and oxygen atoms in total. The second-order valence-electron chi connectivity index (χ2n) is 11.5. The van der Waals surface area contributed by atoms with Gasteiger partial charge in [-0.15, -0.1) is 0 Å². The van der Waals surface area contributed by atoms with E-state index in [1.807, 2.05) is 6.07 Å². The lowest BCUT2D eigenvalue weighted by Crippen LogP contribution is -2.12. The van der Waals surface area contributed by atoms with Crippen LogP contribution in [-0.2, 0) is 0 Å². The molecule has 1 atom stereocenters. The number of para-hydroxylation sites is 5. The van der Waals surface area contributed by atoms with Crippen molar-refractivity contribution in [2.24, 2.45) is 5.73 Å². The average Bonchev–Trinajstić information content (AvgIpc) is 3.43. The van der Waals surface area contributed by atoms with Crippen LogP contribution >= 0.6 is 0 Å². The van der Waals surface area contributed by atoms with Gasteiger partial charge in [0.15, 0.2) is 0 Å².